The summed E-state index contributed by atoms with van der Waals surface area (Å²) in [5, 5.41) is 0. The predicted octanol–water partition coefficient (Wildman–Crippen LogP) is 7.01. The summed E-state index contributed by atoms with van der Waals surface area (Å²) in [6, 6.07) is 0.644. The maximum absolute atomic E-state index is 12.5. The molecule has 3 nitrogen and oxygen atoms in total. The zero-order valence-electron chi connectivity index (χ0n) is 17.7. The van der Waals surface area contributed by atoms with Crippen LogP contribution in [0.25, 0.3) is 0 Å². The Bertz CT molecular complexity index is 463. The normalized spacial score (nSPS) is 22.5. The molecule has 2 rings (SSSR count). The zero-order chi connectivity index (χ0) is 19.0. The fourth-order valence-electron chi connectivity index (χ4n) is 4.37. The Balaban J connectivity index is 1.65. The molecule has 0 aliphatic carbocycles. The monoisotopic (exact) mass is 363 g/mol. The minimum Gasteiger partial charge on any atom is -0.444 e. The third kappa shape index (κ3) is 6.96. The summed E-state index contributed by atoms with van der Waals surface area (Å²) in [4.78, 5) is 14.5. The summed E-state index contributed by atoms with van der Waals surface area (Å²) in [5.41, 5.74) is 1.18. The van der Waals surface area contributed by atoms with E-state index < -0.39 is 5.60 Å². The van der Waals surface area contributed by atoms with Crippen molar-refractivity contribution in [2.24, 2.45) is 0 Å². The van der Waals surface area contributed by atoms with E-state index in [0.29, 0.717) is 6.04 Å². The van der Waals surface area contributed by atoms with Gasteiger partial charge in [0.2, 0.25) is 0 Å². The summed E-state index contributed by atoms with van der Waals surface area (Å²) in [5.74, 6) is 0. The highest BCUT2D eigenvalue weighted by molar-refractivity contribution is 5.70. The molecule has 1 saturated heterocycles. The van der Waals surface area contributed by atoms with Gasteiger partial charge in [0.15, 0.2) is 0 Å². The Kier molecular flexibility index (Phi) is 8.50. The van der Waals surface area contributed by atoms with Crippen LogP contribution in [0.4, 0.5) is 4.79 Å². The topological polar surface area (TPSA) is 29.5 Å². The molecule has 1 amide bonds. The van der Waals surface area contributed by atoms with Crippen molar-refractivity contribution in [3.8, 4) is 0 Å². The predicted molar refractivity (Wildman–Crippen MR) is 109 cm³/mol. The van der Waals surface area contributed by atoms with Gasteiger partial charge in [-0.15, -0.1) is 0 Å². The van der Waals surface area contributed by atoms with Crippen molar-refractivity contribution in [3.63, 3.8) is 0 Å². The van der Waals surface area contributed by atoms with E-state index in [9.17, 15) is 4.79 Å². The fourth-order valence-corrected chi connectivity index (χ4v) is 4.37. The second kappa shape index (κ2) is 10.4. The van der Waals surface area contributed by atoms with Crippen LogP contribution in [0, 0.1) is 0 Å². The molecule has 1 fully saturated rings. The molecule has 150 valence electrons. The Morgan fingerprint density at radius 1 is 1.04 bits per heavy atom. The molecular formula is C23H41NO2. The van der Waals surface area contributed by atoms with Crippen molar-refractivity contribution in [1.82, 2.24) is 4.90 Å². The van der Waals surface area contributed by atoms with Crippen molar-refractivity contribution in [2.75, 3.05) is 0 Å². The van der Waals surface area contributed by atoms with Crippen molar-refractivity contribution in [1.29, 1.82) is 0 Å². The van der Waals surface area contributed by atoms with E-state index in [1.807, 2.05) is 25.7 Å². The number of unbranched alkanes of at least 4 members (excludes halogenated alkanes) is 8. The number of nitrogens with zero attached hydrogens (tertiary/aromatic N) is 1. The molecule has 26 heavy (non-hydrogen) atoms. The lowest BCUT2D eigenvalue weighted by Gasteiger charge is -2.35. The second-order valence-corrected chi connectivity index (χ2v) is 9.29. The van der Waals surface area contributed by atoms with Gasteiger partial charge < -0.3 is 4.74 Å². The first-order valence-electron chi connectivity index (χ1n) is 11.1. The maximum atomic E-state index is 12.5. The van der Waals surface area contributed by atoms with Gasteiger partial charge in [0, 0.05) is 6.04 Å². The molecule has 0 aromatic carbocycles. The average Bonchev–Trinajstić information content (AvgIpc) is 2.83. The van der Waals surface area contributed by atoms with E-state index in [1.54, 1.807) is 5.57 Å². The quantitative estimate of drug-likeness (QED) is 0.309. The van der Waals surface area contributed by atoms with E-state index in [4.69, 9.17) is 4.74 Å². The summed E-state index contributed by atoms with van der Waals surface area (Å²) in [7, 11) is 0. The SMILES string of the molecule is CCCCCCCCCCCC1=CC2CCC(C1)N2C(=O)OC(C)(C)C. The highest BCUT2D eigenvalue weighted by Gasteiger charge is 2.41. The van der Waals surface area contributed by atoms with Crippen LogP contribution in [0.5, 0.6) is 0 Å². The van der Waals surface area contributed by atoms with Crippen LogP contribution < -0.4 is 0 Å². The number of carbonyl (C=O) groups excluding carboxylic acids is 1. The van der Waals surface area contributed by atoms with Crippen molar-refractivity contribution in [2.45, 2.75) is 129 Å². The first-order chi connectivity index (χ1) is 12.4. The smallest absolute Gasteiger partial charge is 0.411 e. The molecule has 2 atom stereocenters. The molecule has 0 spiro atoms. The molecule has 0 N–H and O–H groups in total. The fraction of sp³-hybridized carbons (Fsp3) is 0.870. The molecule has 0 saturated carbocycles. The maximum Gasteiger partial charge on any atom is 0.411 e. The average molecular weight is 364 g/mol. The Morgan fingerprint density at radius 3 is 2.23 bits per heavy atom. The molecular weight excluding hydrogens is 322 g/mol. The van der Waals surface area contributed by atoms with Gasteiger partial charge in [-0.05, 0) is 52.9 Å². The number of fused-ring (bicyclic) bond motifs is 2. The van der Waals surface area contributed by atoms with E-state index in [1.165, 1.54) is 64.2 Å². The minimum absolute atomic E-state index is 0.122. The zero-order valence-corrected chi connectivity index (χ0v) is 17.7. The lowest BCUT2D eigenvalue weighted by atomic mass is 9.96. The lowest BCUT2D eigenvalue weighted by Crippen LogP contribution is -2.45. The largest absolute Gasteiger partial charge is 0.444 e. The lowest BCUT2D eigenvalue weighted by molar-refractivity contribution is 0.0166. The van der Waals surface area contributed by atoms with Crippen LogP contribution in [0.2, 0.25) is 0 Å². The highest BCUT2D eigenvalue weighted by atomic mass is 16.6. The van der Waals surface area contributed by atoms with E-state index in [0.717, 1.165) is 19.3 Å². The molecule has 2 unspecified atom stereocenters. The number of carbonyl (C=O) groups is 1. The Hall–Kier alpha value is -0.990. The molecule has 2 aliphatic rings. The molecule has 2 aliphatic heterocycles. The van der Waals surface area contributed by atoms with Crippen molar-refractivity contribution < 1.29 is 9.53 Å². The number of amides is 1. The summed E-state index contributed by atoms with van der Waals surface area (Å²) >= 11 is 0. The Labute approximate surface area is 161 Å². The molecule has 0 aromatic heterocycles. The van der Waals surface area contributed by atoms with Gasteiger partial charge >= 0.3 is 6.09 Å². The van der Waals surface area contributed by atoms with Crippen LogP contribution in [-0.2, 0) is 4.74 Å². The third-order valence-corrected chi connectivity index (χ3v) is 5.68. The van der Waals surface area contributed by atoms with Crippen molar-refractivity contribution in [3.05, 3.63) is 11.6 Å². The van der Waals surface area contributed by atoms with E-state index in [-0.39, 0.29) is 12.1 Å². The molecule has 2 heterocycles. The first kappa shape index (κ1) is 21.3. The van der Waals surface area contributed by atoms with Crippen LogP contribution in [0.15, 0.2) is 11.6 Å². The summed E-state index contributed by atoms with van der Waals surface area (Å²) in [6.45, 7) is 8.12. The standard InChI is InChI=1S/C23H41NO2/c1-5-6-7-8-9-10-11-12-13-14-19-17-20-15-16-21(18-19)24(20)22(25)26-23(2,3)4/h17,20-21H,5-16,18H2,1-4H3. The number of rotatable bonds is 10. The van der Waals surface area contributed by atoms with E-state index >= 15 is 0 Å². The molecule has 0 aromatic rings. The van der Waals surface area contributed by atoms with E-state index in [2.05, 4.69) is 13.0 Å². The number of hydrogen-bond acceptors (Lipinski definition) is 2. The van der Waals surface area contributed by atoms with Crippen molar-refractivity contribution >= 4 is 6.09 Å². The van der Waals surface area contributed by atoms with Gasteiger partial charge in [0.05, 0.1) is 6.04 Å². The van der Waals surface area contributed by atoms with Crippen LogP contribution in [0.3, 0.4) is 0 Å². The minimum atomic E-state index is -0.406. The highest BCUT2D eigenvalue weighted by Crippen LogP contribution is 2.37. The summed E-state index contributed by atoms with van der Waals surface area (Å²) in [6.07, 6.45) is 19.2. The second-order valence-electron chi connectivity index (χ2n) is 9.29. The molecule has 0 radical (unpaired) electrons. The van der Waals surface area contributed by atoms with Crippen LogP contribution >= 0.6 is 0 Å². The molecule has 3 heteroatoms. The van der Waals surface area contributed by atoms with Gasteiger partial charge in [0.1, 0.15) is 5.60 Å². The first-order valence-corrected chi connectivity index (χ1v) is 11.1. The van der Waals surface area contributed by atoms with Gasteiger partial charge in [-0.1, -0.05) is 69.9 Å². The van der Waals surface area contributed by atoms with Gasteiger partial charge in [0.25, 0.3) is 0 Å². The van der Waals surface area contributed by atoms with Gasteiger partial charge in [-0.3, -0.25) is 4.90 Å². The molecule has 2 bridgehead atoms. The van der Waals surface area contributed by atoms with Crippen LogP contribution in [-0.4, -0.2) is 28.7 Å². The third-order valence-electron chi connectivity index (χ3n) is 5.68. The number of hydrogen-bond donors (Lipinski definition) is 0. The number of ether oxygens (including phenoxy) is 1. The van der Waals surface area contributed by atoms with Gasteiger partial charge in [-0.2, -0.15) is 0 Å². The van der Waals surface area contributed by atoms with Gasteiger partial charge in [-0.25, -0.2) is 4.79 Å². The summed E-state index contributed by atoms with van der Waals surface area (Å²) < 4.78 is 5.61. The van der Waals surface area contributed by atoms with Crippen LogP contribution in [0.1, 0.15) is 111 Å². The Morgan fingerprint density at radius 2 is 1.65 bits per heavy atom.